The Morgan fingerprint density at radius 2 is 2.12 bits per heavy atom. The molecule has 16 heavy (non-hydrogen) atoms. The lowest BCUT2D eigenvalue weighted by Gasteiger charge is -2.35. The van der Waals surface area contributed by atoms with Gasteiger partial charge >= 0.3 is 0 Å². The molecule has 0 amide bonds. The van der Waals surface area contributed by atoms with Crippen LogP contribution < -0.4 is 10.6 Å². The Labute approximate surface area is 96.9 Å². The summed E-state index contributed by atoms with van der Waals surface area (Å²) in [4.78, 5) is 11.1. The number of nitrogens with two attached hydrogens (primary N) is 1. The maximum absolute atomic E-state index is 5.54. The van der Waals surface area contributed by atoms with Crippen LogP contribution in [0, 0.1) is 0 Å². The van der Waals surface area contributed by atoms with Crippen LogP contribution in [0.3, 0.4) is 0 Å². The monoisotopic (exact) mass is 220 g/mol. The molecule has 88 valence electrons. The zero-order valence-electron chi connectivity index (χ0n) is 9.89. The van der Waals surface area contributed by atoms with E-state index in [9.17, 15) is 0 Å². The molecule has 2 rings (SSSR count). The number of hydrogen-bond donors (Lipinski definition) is 1. The molecule has 2 N–H and O–H groups in total. The summed E-state index contributed by atoms with van der Waals surface area (Å²) in [5.41, 5.74) is 6.53. The molecule has 1 aromatic heterocycles. The number of anilines is 1. The standard InChI is InChI=1S/C12H20N4/c1-2-11-5-3-4-6-16(11)12-14-8-10(7-13)9-15-12/h8-9,11H,2-7,13H2,1H3. The van der Waals surface area contributed by atoms with Gasteiger partial charge in [0.1, 0.15) is 0 Å². The Morgan fingerprint density at radius 1 is 1.38 bits per heavy atom. The molecule has 0 spiro atoms. The average molecular weight is 220 g/mol. The summed E-state index contributed by atoms with van der Waals surface area (Å²) in [6.45, 7) is 3.83. The molecule has 1 unspecified atom stereocenters. The summed E-state index contributed by atoms with van der Waals surface area (Å²) < 4.78 is 0. The van der Waals surface area contributed by atoms with Gasteiger partial charge in [0.05, 0.1) is 0 Å². The molecule has 1 fully saturated rings. The second-order valence-electron chi connectivity index (χ2n) is 4.35. The second kappa shape index (κ2) is 5.25. The van der Waals surface area contributed by atoms with Crippen molar-refractivity contribution >= 4 is 5.95 Å². The molecule has 1 atom stereocenters. The van der Waals surface area contributed by atoms with Crippen LogP contribution in [0.4, 0.5) is 5.95 Å². The van der Waals surface area contributed by atoms with Crippen molar-refractivity contribution in [3.05, 3.63) is 18.0 Å². The molecule has 4 heteroatoms. The van der Waals surface area contributed by atoms with Crippen LogP contribution >= 0.6 is 0 Å². The van der Waals surface area contributed by atoms with E-state index in [-0.39, 0.29) is 0 Å². The fourth-order valence-electron chi connectivity index (χ4n) is 2.29. The Hall–Kier alpha value is -1.16. The third-order valence-electron chi connectivity index (χ3n) is 3.28. The zero-order chi connectivity index (χ0) is 11.4. The molecule has 0 aromatic carbocycles. The van der Waals surface area contributed by atoms with E-state index in [1.807, 2.05) is 12.4 Å². The van der Waals surface area contributed by atoms with Crippen LogP contribution in [0.15, 0.2) is 12.4 Å². The number of piperidine rings is 1. The normalized spacial score (nSPS) is 21.1. The lowest BCUT2D eigenvalue weighted by atomic mass is 10.0. The van der Waals surface area contributed by atoms with E-state index in [0.717, 1.165) is 18.1 Å². The van der Waals surface area contributed by atoms with Gasteiger partial charge in [0.15, 0.2) is 0 Å². The van der Waals surface area contributed by atoms with Crippen molar-refractivity contribution in [3.8, 4) is 0 Å². The minimum absolute atomic E-state index is 0.511. The third-order valence-corrected chi connectivity index (χ3v) is 3.28. The summed E-state index contributed by atoms with van der Waals surface area (Å²) >= 11 is 0. The van der Waals surface area contributed by atoms with Gasteiger partial charge in [-0.25, -0.2) is 9.97 Å². The van der Waals surface area contributed by atoms with Crippen LogP contribution in [0.2, 0.25) is 0 Å². The number of aromatic nitrogens is 2. The highest BCUT2D eigenvalue weighted by molar-refractivity contribution is 5.32. The van der Waals surface area contributed by atoms with Gasteiger partial charge in [-0.15, -0.1) is 0 Å². The van der Waals surface area contributed by atoms with Crippen molar-refractivity contribution in [2.24, 2.45) is 5.73 Å². The van der Waals surface area contributed by atoms with E-state index in [1.54, 1.807) is 0 Å². The lowest BCUT2D eigenvalue weighted by Crippen LogP contribution is -2.40. The maximum Gasteiger partial charge on any atom is 0.225 e. The minimum Gasteiger partial charge on any atom is -0.338 e. The van der Waals surface area contributed by atoms with E-state index in [0.29, 0.717) is 12.6 Å². The summed E-state index contributed by atoms with van der Waals surface area (Å²) in [6.07, 6.45) is 8.68. The molecular formula is C12H20N4. The molecule has 1 aliphatic heterocycles. The first-order valence-electron chi connectivity index (χ1n) is 6.12. The second-order valence-corrected chi connectivity index (χ2v) is 4.35. The predicted molar refractivity (Wildman–Crippen MR) is 65.2 cm³/mol. The smallest absolute Gasteiger partial charge is 0.225 e. The van der Waals surface area contributed by atoms with Crippen molar-refractivity contribution in [1.29, 1.82) is 0 Å². The number of rotatable bonds is 3. The summed E-state index contributed by atoms with van der Waals surface area (Å²) in [7, 11) is 0. The molecule has 4 nitrogen and oxygen atoms in total. The topological polar surface area (TPSA) is 55.0 Å². The molecule has 0 aliphatic carbocycles. The van der Waals surface area contributed by atoms with E-state index >= 15 is 0 Å². The molecule has 1 saturated heterocycles. The maximum atomic E-state index is 5.54. The van der Waals surface area contributed by atoms with Crippen molar-refractivity contribution in [2.45, 2.75) is 45.2 Å². The van der Waals surface area contributed by atoms with Crippen LogP contribution in [0.5, 0.6) is 0 Å². The fourth-order valence-corrected chi connectivity index (χ4v) is 2.29. The van der Waals surface area contributed by atoms with Crippen LogP contribution in [0.25, 0.3) is 0 Å². The highest BCUT2D eigenvalue weighted by Gasteiger charge is 2.22. The largest absolute Gasteiger partial charge is 0.338 e. The Bertz CT molecular complexity index is 322. The van der Waals surface area contributed by atoms with Crippen LogP contribution in [-0.4, -0.2) is 22.6 Å². The van der Waals surface area contributed by atoms with E-state index in [4.69, 9.17) is 5.73 Å². The first kappa shape index (κ1) is 11.3. The molecular weight excluding hydrogens is 200 g/mol. The van der Waals surface area contributed by atoms with E-state index in [1.165, 1.54) is 25.7 Å². The third kappa shape index (κ3) is 2.32. The summed E-state index contributed by atoms with van der Waals surface area (Å²) in [5.74, 6) is 0.865. The van der Waals surface area contributed by atoms with E-state index < -0.39 is 0 Å². The van der Waals surface area contributed by atoms with Crippen molar-refractivity contribution in [1.82, 2.24) is 9.97 Å². The van der Waals surface area contributed by atoms with Gasteiger partial charge in [-0.2, -0.15) is 0 Å². The Balaban J connectivity index is 2.14. The van der Waals surface area contributed by atoms with Gasteiger partial charge in [0.25, 0.3) is 0 Å². The van der Waals surface area contributed by atoms with Crippen LogP contribution in [-0.2, 0) is 6.54 Å². The van der Waals surface area contributed by atoms with Crippen molar-refractivity contribution in [3.63, 3.8) is 0 Å². The first-order chi connectivity index (χ1) is 7.85. The molecule has 2 heterocycles. The average Bonchev–Trinajstić information content (AvgIpc) is 2.39. The quantitative estimate of drug-likeness (QED) is 0.842. The molecule has 0 saturated carbocycles. The highest BCUT2D eigenvalue weighted by Crippen LogP contribution is 2.23. The van der Waals surface area contributed by atoms with Crippen molar-refractivity contribution in [2.75, 3.05) is 11.4 Å². The highest BCUT2D eigenvalue weighted by atomic mass is 15.3. The van der Waals surface area contributed by atoms with Gasteiger partial charge in [0, 0.05) is 37.1 Å². The minimum atomic E-state index is 0.511. The molecule has 1 aromatic rings. The van der Waals surface area contributed by atoms with E-state index in [2.05, 4.69) is 21.8 Å². The molecule has 0 bridgehead atoms. The van der Waals surface area contributed by atoms with Gasteiger partial charge < -0.3 is 10.6 Å². The number of hydrogen-bond acceptors (Lipinski definition) is 4. The summed E-state index contributed by atoms with van der Waals surface area (Å²) in [5, 5.41) is 0. The molecule has 1 aliphatic rings. The van der Waals surface area contributed by atoms with Gasteiger partial charge in [-0.05, 0) is 25.7 Å². The molecule has 0 radical (unpaired) electrons. The lowest BCUT2D eigenvalue weighted by molar-refractivity contribution is 0.443. The van der Waals surface area contributed by atoms with Gasteiger partial charge in [0.2, 0.25) is 5.95 Å². The first-order valence-corrected chi connectivity index (χ1v) is 6.12. The Morgan fingerprint density at radius 3 is 2.75 bits per heavy atom. The fraction of sp³-hybridized carbons (Fsp3) is 0.667. The number of nitrogens with zero attached hydrogens (tertiary/aromatic N) is 3. The van der Waals surface area contributed by atoms with Crippen molar-refractivity contribution < 1.29 is 0 Å². The Kier molecular flexibility index (Phi) is 3.72. The predicted octanol–water partition coefficient (Wildman–Crippen LogP) is 1.70. The summed E-state index contributed by atoms with van der Waals surface area (Å²) in [6, 6.07) is 0.609. The van der Waals surface area contributed by atoms with Crippen LogP contribution in [0.1, 0.15) is 38.2 Å². The van der Waals surface area contributed by atoms with Gasteiger partial charge in [-0.3, -0.25) is 0 Å². The van der Waals surface area contributed by atoms with Gasteiger partial charge in [-0.1, -0.05) is 6.92 Å². The SMILES string of the molecule is CCC1CCCCN1c1ncc(CN)cn1. The zero-order valence-corrected chi connectivity index (χ0v) is 9.89.